The first-order valence-corrected chi connectivity index (χ1v) is 16.6. The van der Waals surface area contributed by atoms with E-state index in [1.54, 1.807) is 18.2 Å². The first-order valence-electron chi connectivity index (χ1n) is 13.0. The van der Waals surface area contributed by atoms with Crippen LogP contribution in [0.3, 0.4) is 0 Å². The molecular formula is C29H28N4O2S3. The molecular weight excluding hydrogens is 533 g/mol. The highest BCUT2D eigenvalue weighted by Crippen LogP contribution is 2.53. The van der Waals surface area contributed by atoms with E-state index in [9.17, 15) is 8.42 Å². The van der Waals surface area contributed by atoms with Crippen LogP contribution in [0.4, 0.5) is 10.8 Å². The lowest BCUT2D eigenvalue weighted by molar-refractivity contribution is 0.330. The summed E-state index contributed by atoms with van der Waals surface area (Å²) in [4.78, 5) is 12.6. The molecule has 0 amide bonds. The average molecular weight is 561 g/mol. The average Bonchev–Trinajstić information content (AvgIpc) is 3.41. The lowest BCUT2D eigenvalue weighted by Gasteiger charge is -2.26. The Labute approximate surface area is 231 Å². The Morgan fingerprint density at radius 3 is 2.68 bits per heavy atom. The Morgan fingerprint density at radius 1 is 1.08 bits per heavy atom. The van der Waals surface area contributed by atoms with Crippen molar-refractivity contribution >= 4 is 59.1 Å². The minimum Gasteiger partial charge on any atom is -0.361 e. The molecule has 38 heavy (non-hydrogen) atoms. The number of nitrogens with zero attached hydrogens (tertiary/aromatic N) is 3. The van der Waals surface area contributed by atoms with Crippen molar-refractivity contribution in [1.29, 1.82) is 0 Å². The van der Waals surface area contributed by atoms with Gasteiger partial charge in [0.1, 0.15) is 0 Å². The topological polar surface area (TPSA) is 74.7 Å². The predicted molar refractivity (Wildman–Crippen MR) is 158 cm³/mol. The number of aromatic nitrogens is 1. The molecule has 0 bridgehead atoms. The van der Waals surface area contributed by atoms with Gasteiger partial charge in [0.15, 0.2) is 20.1 Å². The van der Waals surface area contributed by atoms with Crippen LogP contribution in [0.5, 0.6) is 0 Å². The van der Waals surface area contributed by atoms with Crippen LogP contribution >= 0.6 is 23.1 Å². The number of sulfone groups is 1. The molecule has 3 aromatic carbocycles. The Balaban J connectivity index is 1.01. The number of hydrogen-bond donors (Lipinski definition) is 1. The number of aliphatic imine (C=N–C) groups is 1. The van der Waals surface area contributed by atoms with Gasteiger partial charge in [0.2, 0.25) is 0 Å². The quantitative estimate of drug-likeness (QED) is 0.289. The summed E-state index contributed by atoms with van der Waals surface area (Å²) < 4.78 is 24.5. The minimum atomic E-state index is -3.22. The van der Waals surface area contributed by atoms with Crippen molar-refractivity contribution < 1.29 is 8.42 Å². The molecule has 0 spiro atoms. The number of hydrogen-bond acceptors (Lipinski definition) is 7. The summed E-state index contributed by atoms with van der Waals surface area (Å²) in [6.45, 7) is 0.751. The standard InChI is InChI=1S/C29H28N4O2S3/c1-38(34,35)22-12-13-24-25(17-22)36-28(32-24)30-15-14-18-6-8-20(9-7-18)31-29-33(21-10-11-21)27-23-5-3-2-4-19(23)16-26(27)37-29/h2-9,12-13,17,21,26-27H,10-11,14-16H2,1H3,(H,30,32)/t26?,27-/m0/s1. The zero-order valence-electron chi connectivity index (χ0n) is 21.0. The third kappa shape index (κ3) is 4.61. The first kappa shape index (κ1) is 24.2. The molecule has 2 aliphatic carbocycles. The van der Waals surface area contributed by atoms with E-state index in [0.717, 1.165) is 40.4 Å². The van der Waals surface area contributed by atoms with Gasteiger partial charge in [-0.1, -0.05) is 59.5 Å². The summed E-state index contributed by atoms with van der Waals surface area (Å²) in [5.74, 6) is 0. The predicted octanol–water partition coefficient (Wildman–Crippen LogP) is 6.22. The zero-order chi connectivity index (χ0) is 25.9. The molecule has 7 rings (SSSR count). The number of benzene rings is 3. The third-order valence-electron chi connectivity index (χ3n) is 7.50. The Bertz CT molecular complexity index is 1660. The molecule has 0 radical (unpaired) electrons. The molecule has 2 fully saturated rings. The van der Waals surface area contributed by atoms with Gasteiger partial charge in [-0.25, -0.2) is 18.4 Å². The molecule has 1 aliphatic heterocycles. The molecule has 3 aliphatic rings. The summed E-state index contributed by atoms with van der Waals surface area (Å²) in [7, 11) is -3.22. The number of thioether (sulfide) groups is 1. The minimum absolute atomic E-state index is 0.327. The SMILES string of the molecule is CS(=O)(=O)c1ccc2nc(NCCc3ccc(N=C4SC5Cc6ccccc6[C@@H]5N4C4CC4)cc3)sc2c1. The van der Waals surface area contributed by atoms with Crippen LogP contribution in [0.1, 0.15) is 35.6 Å². The normalized spacial score (nSPS) is 21.7. The van der Waals surface area contributed by atoms with Gasteiger partial charge in [0.25, 0.3) is 0 Å². The number of amidine groups is 1. The lowest BCUT2D eigenvalue weighted by atomic mass is 10.1. The maximum Gasteiger partial charge on any atom is 0.183 e. The van der Waals surface area contributed by atoms with Crippen LogP contribution in [0.15, 0.2) is 76.6 Å². The van der Waals surface area contributed by atoms with Gasteiger partial charge < -0.3 is 10.2 Å². The maximum absolute atomic E-state index is 11.8. The maximum atomic E-state index is 11.8. The number of anilines is 1. The summed E-state index contributed by atoms with van der Waals surface area (Å²) in [6.07, 6.45) is 5.76. The summed E-state index contributed by atoms with van der Waals surface area (Å²) in [5, 5.41) is 5.94. The van der Waals surface area contributed by atoms with Gasteiger partial charge in [-0.3, -0.25) is 0 Å². The van der Waals surface area contributed by atoms with E-state index in [1.165, 1.54) is 52.3 Å². The van der Waals surface area contributed by atoms with E-state index in [-0.39, 0.29) is 0 Å². The number of fused-ring (bicyclic) bond motifs is 4. The molecule has 1 N–H and O–H groups in total. The van der Waals surface area contributed by atoms with Gasteiger partial charge in [-0.05, 0) is 72.7 Å². The molecule has 1 aromatic heterocycles. The lowest BCUT2D eigenvalue weighted by Crippen LogP contribution is -2.30. The molecule has 194 valence electrons. The van der Waals surface area contributed by atoms with E-state index < -0.39 is 9.84 Å². The molecule has 1 saturated heterocycles. The molecule has 9 heteroatoms. The van der Waals surface area contributed by atoms with E-state index in [4.69, 9.17) is 4.99 Å². The molecule has 6 nitrogen and oxygen atoms in total. The van der Waals surface area contributed by atoms with Gasteiger partial charge >= 0.3 is 0 Å². The fourth-order valence-electron chi connectivity index (χ4n) is 5.48. The number of thiazole rings is 1. The Morgan fingerprint density at radius 2 is 1.89 bits per heavy atom. The van der Waals surface area contributed by atoms with Crippen molar-refractivity contribution in [3.8, 4) is 0 Å². The van der Waals surface area contributed by atoms with Crippen molar-refractivity contribution in [2.45, 2.75) is 47.9 Å². The van der Waals surface area contributed by atoms with Crippen LogP contribution < -0.4 is 5.32 Å². The van der Waals surface area contributed by atoms with E-state index in [2.05, 4.69) is 63.7 Å². The largest absolute Gasteiger partial charge is 0.361 e. The fourth-order valence-corrected chi connectivity index (χ4v) is 8.62. The van der Waals surface area contributed by atoms with Crippen LogP contribution in [-0.4, -0.2) is 47.6 Å². The number of rotatable bonds is 7. The van der Waals surface area contributed by atoms with Gasteiger partial charge in [0.05, 0.1) is 26.8 Å². The second-order valence-corrected chi connectivity index (χ2v) is 14.6. The van der Waals surface area contributed by atoms with Gasteiger partial charge in [-0.2, -0.15) is 0 Å². The summed E-state index contributed by atoms with van der Waals surface area (Å²) in [6, 6.07) is 23.7. The second kappa shape index (κ2) is 9.39. The monoisotopic (exact) mass is 560 g/mol. The molecule has 4 aromatic rings. The van der Waals surface area contributed by atoms with Crippen molar-refractivity contribution in [2.75, 3.05) is 18.1 Å². The Kier molecular flexibility index (Phi) is 5.98. The highest BCUT2D eigenvalue weighted by atomic mass is 32.2. The molecule has 2 atom stereocenters. The van der Waals surface area contributed by atoms with Crippen molar-refractivity contribution in [3.05, 3.63) is 83.4 Å². The summed E-state index contributed by atoms with van der Waals surface area (Å²) >= 11 is 3.44. The van der Waals surface area contributed by atoms with E-state index in [0.29, 0.717) is 22.2 Å². The van der Waals surface area contributed by atoms with Gasteiger partial charge in [-0.15, -0.1) is 0 Å². The van der Waals surface area contributed by atoms with E-state index in [1.807, 2.05) is 11.8 Å². The van der Waals surface area contributed by atoms with E-state index >= 15 is 0 Å². The number of nitrogens with one attached hydrogen (secondary N) is 1. The van der Waals surface area contributed by atoms with Gasteiger partial charge in [0, 0.05) is 24.1 Å². The fraction of sp³-hybridized carbons (Fsp3) is 0.310. The summed E-state index contributed by atoms with van der Waals surface area (Å²) in [5.41, 5.74) is 6.06. The first-order chi connectivity index (χ1) is 18.4. The van der Waals surface area contributed by atoms with Crippen LogP contribution in [-0.2, 0) is 22.7 Å². The van der Waals surface area contributed by atoms with Crippen LogP contribution in [0, 0.1) is 0 Å². The molecule has 1 saturated carbocycles. The highest BCUT2D eigenvalue weighted by Gasteiger charge is 2.50. The van der Waals surface area contributed by atoms with Crippen LogP contribution in [0.2, 0.25) is 0 Å². The molecule has 1 unspecified atom stereocenters. The van der Waals surface area contributed by atoms with Crippen LogP contribution in [0.25, 0.3) is 10.2 Å². The van der Waals surface area contributed by atoms with Crippen molar-refractivity contribution in [2.24, 2.45) is 4.99 Å². The zero-order valence-corrected chi connectivity index (χ0v) is 23.5. The Hall–Kier alpha value is -2.88. The smallest absolute Gasteiger partial charge is 0.183 e. The van der Waals surface area contributed by atoms with Crippen molar-refractivity contribution in [3.63, 3.8) is 0 Å². The van der Waals surface area contributed by atoms with Crippen molar-refractivity contribution in [1.82, 2.24) is 9.88 Å². The third-order valence-corrected chi connectivity index (χ3v) is 10.8. The second-order valence-electron chi connectivity index (χ2n) is 10.3. The highest BCUT2D eigenvalue weighted by molar-refractivity contribution is 8.14. The molecule has 2 heterocycles.